The van der Waals surface area contributed by atoms with Gasteiger partial charge in [-0.15, -0.1) is 0 Å². The first kappa shape index (κ1) is 62.8. The molecule has 0 saturated carbocycles. The lowest BCUT2D eigenvalue weighted by Gasteiger charge is -2.46. The second-order valence-electron chi connectivity index (χ2n) is 36.2. The summed E-state index contributed by atoms with van der Waals surface area (Å²) in [6, 6.07) is 115. The number of para-hydroxylation sites is 4. The average molecular weight is 1690 g/mol. The number of ether oxygens (including phenoxy) is 1. The third-order valence-electron chi connectivity index (χ3n) is 27.6. The Morgan fingerprint density at radius 2 is 0.695 bits per heavy atom. The third-order valence-corrected chi connectivity index (χ3v) is 27.6. The number of hydrogen-bond donors (Lipinski definition) is 0. The molecular formula is C125H87BN4O. The van der Waals surface area contributed by atoms with Crippen molar-refractivity contribution in [2.75, 3.05) is 9.80 Å². The van der Waals surface area contributed by atoms with Gasteiger partial charge in [0.2, 0.25) is 0 Å². The lowest BCUT2D eigenvalue weighted by Crippen LogP contribution is -2.61. The monoisotopic (exact) mass is 1680 g/mol. The first-order valence-corrected chi connectivity index (χ1v) is 44.7. The standard InChI is InChI=1S/C125H87BN4O/c1-124(2,3)86-74-101(80-39-14-8-15-40-80)123(102(75-86)81-41-16-9-17-42-81)130-114-77-88(128-110-59-30-27-52-100(110)120-92(54-34-61-112(120)128)79-37-12-7-13-38-79)65-67-108(114)126-107-66-64-87(127-109-58-29-26-51-99(109)119-91(53-33-60-111(119)127)78-35-10-6-11-36-78)76-113(107)129(115-72-85(73-116(130)121(115)126)82-63-68-118-106(71-82)125(4,5)105-57-28-31-62-117(105)131-118)122-97(103-69-83-43-18-20-45-89(83)93-47-22-24-49-95(93)103)55-32-56-98(122)104-70-84-44-19-21-46-90(84)94-48-23-25-50-96(94)104/h6-77H,1-5H3/i26D,27D,29D,30D,33D,34D,51D,52D,53D,54D,58D,59D,60D,61D. The van der Waals surface area contributed by atoms with Crippen LogP contribution in [0, 0.1) is 0 Å². The predicted molar refractivity (Wildman–Crippen MR) is 555 cm³/mol. The Balaban J connectivity index is 0.894. The van der Waals surface area contributed by atoms with Crippen molar-refractivity contribution in [3.8, 4) is 101 Å². The van der Waals surface area contributed by atoms with Crippen LogP contribution in [0.3, 0.4) is 0 Å². The van der Waals surface area contributed by atoms with Crippen LogP contribution in [-0.4, -0.2) is 15.8 Å². The van der Waals surface area contributed by atoms with Gasteiger partial charge in [-0.1, -0.05) is 368 Å². The minimum atomic E-state index is -0.852. The summed E-state index contributed by atoms with van der Waals surface area (Å²) < 4.78 is 151. The minimum Gasteiger partial charge on any atom is -0.457 e. The van der Waals surface area contributed by atoms with E-state index in [9.17, 15) is 19.2 Å². The summed E-state index contributed by atoms with van der Waals surface area (Å²) in [7, 11) is 0. The molecule has 0 bridgehead atoms. The van der Waals surface area contributed by atoms with Gasteiger partial charge >= 0.3 is 0 Å². The topological polar surface area (TPSA) is 25.6 Å². The van der Waals surface area contributed by atoms with Crippen molar-refractivity contribution in [1.29, 1.82) is 0 Å². The van der Waals surface area contributed by atoms with Crippen LogP contribution in [0.15, 0.2) is 436 Å². The molecule has 0 spiro atoms. The zero-order chi connectivity index (χ0) is 99.2. The van der Waals surface area contributed by atoms with Crippen LogP contribution in [0.2, 0.25) is 0 Å². The molecule has 5 nitrogen and oxygen atoms in total. The van der Waals surface area contributed by atoms with E-state index in [0.717, 1.165) is 149 Å². The van der Waals surface area contributed by atoms with Crippen molar-refractivity contribution >= 4 is 144 Å². The number of fused-ring (bicyclic) bond motifs is 18. The lowest BCUT2D eigenvalue weighted by atomic mass is 9.33. The molecule has 5 heterocycles. The summed E-state index contributed by atoms with van der Waals surface area (Å²) in [5.41, 5.74) is 19.4. The Morgan fingerprint density at radius 1 is 0.282 bits per heavy atom. The summed E-state index contributed by atoms with van der Waals surface area (Å²) in [6.45, 7) is 10.3. The Kier molecular flexibility index (Phi) is 14.1. The van der Waals surface area contributed by atoms with Crippen molar-refractivity contribution < 1.29 is 23.9 Å². The van der Waals surface area contributed by atoms with E-state index in [0.29, 0.717) is 51.0 Å². The van der Waals surface area contributed by atoms with Gasteiger partial charge in [0.25, 0.3) is 6.71 Å². The number of aromatic nitrogens is 2. The fourth-order valence-electron chi connectivity index (χ4n) is 21.6. The molecule has 26 rings (SSSR count). The molecule has 0 N–H and O–H groups in total. The van der Waals surface area contributed by atoms with Gasteiger partial charge in [-0.05, 0) is 229 Å². The van der Waals surface area contributed by atoms with Crippen LogP contribution in [-0.2, 0) is 10.8 Å². The van der Waals surface area contributed by atoms with E-state index in [1.165, 1.54) is 0 Å². The Labute approximate surface area is 781 Å². The molecule has 0 aliphatic carbocycles. The molecule has 0 radical (unpaired) electrons. The molecule has 3 aliphatic heterocycles. The van der Waals surface area contributed by atoms with Crippen LogP contribution < -0.4 is 30.9 Å². The van der Waals surface area contributed by atoms with E-state index in [-0.39, 0.29) is 91.0 Å². The lowest BCUT2D eigenvalue weighted by molar-refractivity contribution is 0.418. The van der Waals surface area contributed by atoms with Gasteiger partial charge in [0.05, 0.1) is 52.6 Å². The highest BCUT2D eigenvalue weighted by molar-refractivity contribution is 7.00. The predicted octanol–water partition coefficient (Wildman–Crippen LogP) is 32.0. The largest absolute Gasteiger partial charge is 0.457 e. The SMILES string of the molecule is [2H]c1c([2H])c([2H])c2c(c1[2H])c1c(-c3ccccc3)c([2H])c([2H])c([2H])c1n2-c1ccc2c(c1)N(c1c(-c3ccccc3)cc(C(C)(C)C)cc1-c1ccccc1)c1cc(-c3ccc4c(c3)C(C)(C)c3ccccc3O4)cc3c1B2c1ccc(-n2c4c([2H])c([2H])c([2H])c([2H])c4c4c(-c5ccccc5)c([2H])c([2H])c([2H])c42)cc1N3c1c(-c2cc3ccccc3c3ccccc23)cccc1-c1cc2ccccc2c2ccccc12. The fourth-order valence-corrected chi connectivity index (χ4v) is 21.6. The molecule has 23 aromatic rings. The van der Waals surface area contributed by atoms with Gasteiger partial charge in [0.15, 0.2) is 0 Å². The molecule has 6 heteroatoms. The number of nitrogens with zero attached hydrogens (tertiary/aromatic N) is 4. The number of rotatable bonds is 11. The molecule has 21 aromatic carbocycles. The molecule has 0 saturated heterocycles. The second-order valence-corrected chi connectivity index (χ2v) is 36.2. The highest BCUT2D eigenvalue weighted by Gasteiger charge is 2.47. The van der Waals surface area contributed by atoms with Gasteiger partial charge in [0.1, 0.15) is 11.5 Å². The summed E-state index contributed by atoms with van der Waals surface area (Å²) in [5.74, 6) is 1.45. The van der Waals surface area contributed by atoms with Crippen LogP contribution in [0.25, 0.3) is 176 Å². The molecule has 3 aliphatic rings. The van der Waals surface area contributed by atoms with Crippen LogP contribution in [0.4, 0.5) is 34.1 Å². The van der Waals surface area contributed by atoms with E-state index in [1.54, 1.807) is 9.13 Å². The zero-order valence-electron chi connectivity index (χ0n) is 86.3. The Bertz CT molecular complexity index is 9440. The number of anilines is 6. The first-order valence-electron chi connectivity index (χ1n) is 51.7. The molecule has 0 atom stereocenters. The second kappa shape index (κ2) is 29.4. The molecule has 0 amide bonds. The molecule has 131 heavy (non-hydrogen) atoms. The number of hydrogen-bond acceptors (Lipinski definition) is 3. The summed E-state index contributed by atoms with van der Waals surface area (Å²) in [6.07, 6.45) is 0. The summed E-state index contributed by atoms with van der Waals surface area (Å²) in [4.78, 5) is 4.86. The van der Waals surface area contributed by atoms with E-state index in [4.69, 9.17) is 4.74 Å². The minimum absolute atomic E-state index is 0.0301. The van der Waals surface area contributed by atoms with Crippen LogP contribution >= 0.6 is 0 Å². The normalized spacial score (nSPS) is 14.6. The maximum absolute atomic E-state index is 10.5. The molecule has 0 unspecified atom stereocenters. The maximum Gasteiger partial charge on any atom is 0.252 e. The van der Waals surface area contributed by atoms with Gasteiger partial charge in [0, 0.05) is 94.5 Å². The average Bonchev–Trinajstić information content (AvgIpc) is 1.20. The van der Waals surface area contributed by atoms with E-state index in [2.05, 4.69) is 299 Å². The zero-order valence-corrected chi connectivity index (χ0v) is 72.3. The molecule has 0 fully saturated rings. The van der Waals surface area contributed by atoms with Crippen molar-refractivity contribution in [2.45, 2.75) is 45.4 Å². The third kappa shape index (κ3) is 11.7. The number of benzene rings is 21. The van der Waals surface area contributed by atoms with Crippen molar-refractivity contribution in [2.24, 2.45) is 0 Å². The summed E-state index contributed by atoms with van der Waals surface area (Å²) >= 11 is 0. The fraction of sp³-hybridized carbons (Fsp3) is 0.0560. The van der Waals surface area contributed by atoms with Crippen LogP contribution in [0.5, 0.6) is 11.5 Å². The molecule has 2 aromatic heterocycles. The highest BCUT2D eigenvalue weighted by atomic mass is 16.5. The Hall–Kier alpha value is -16.3. The summed E-state index contributed by atoms with van der Waals surface area (Å²) in [5, 5.41) is 8.69. The van der Waals surface area contributed by atoms with Crippen molar-refractivity contribution in [3.05, 3.63) is 453 Å². The molecular weight excluding hydrogens is 1580 g/mol. The first-order chi connectivity index (χ1) is 70.2. The van der Waals surface area contributed by atoms with E-state index in [1.807, 2.05) is 97.1 Å². The van der Waals surface area contributed by atoms with Gasteiger partial charge < -0.3 is 23.7 Å². The maximum atomic E-state index is 10.5. The molecule has 616 valence electrons. The van der Waals surface area contributed by atoms with Gasteiger partial charge in [-0.25, -0.2) is 0 Å². The van der Waals surface area contributed by atoms with Gasteiger partial charge in [-0.2, -0.15) is 0 Å². The quantitative estimate of drug-likeness (QED) is 0.0953. The van der Waals surface area contributed by atoms with Crippen LogP contribution in [0.1, 0.15) is 70.5 Å². The van der Waals surface area contributed by atoms with Crippen molar-refractivity contribution in [3.63, 3.8) is 0 Å². The van der Waals surface area contributed by atoms with E-state index < -0.39 is 65.9 Å². The highest BCUT2D eigenvalue weighted by Crippen LogP contribution is 2.58. The smallest absolute Gasteiger partial charge is 0.252 e. The van der Waals surface area contributed by atoms with E-state index >= 15 is 0 Å². The Morgan fingerprint density at radius 3 is 1.18 bits per heavy atom. The van der Waals surface area contributed by atoms with Crippen molar-refractivity contribution in [1.82, 2.24) is 9.13 Å². The van der Waals surface area contributed by atoms with Gasteiger partial charge in [-0.3, -0.25) is 0 Å².